The number of carbonyl (C=O) groups is 4. The zero-order valence-electron chi connectivity index (χ0n) is 28.9. The van der Waals surface area contributed by atoms with Gasteiger partial charge in [-0.15, -0.1) is 0 Å². The number of anilines is 1. The zero-order chi connectivity index (χ0) is 35.6. The van der Waals surface area contributed by atoms with Crippen molar-refractivity contribution in [2.45, 2.75) is 84.1 Å². The molecule has 11 nitrogen and oxygen atoms in total. The molecule has 0 radical (unpaired) electrons. The summed E-state index contributed by atoms with van der Waals surface area (Å²) in [6.07, 6.45) is 0.0618. The van der Waals surface area contributed by atoms with Gasteiger partial charge in [0.25, 0.3) is 0 Å². The number of hydrogen-bond acceptors (Lipinski definition) is 7. The van der Waals surface area contributed by atoms with Crippen molar-refractivity contribution in [2.75, 3.05) is 18.5 Å². The number of aliphatic hydroxyl groups is 1. The van der Waals surface area contributed by atoms with Gasteiger partial charge in [-0.3, -0.25) is 9.59 Å². The van der Waals surface area contributed by atoms with Gasteiger partial charge in [0.2, 0.25) is 11.8 Å². The van der Waals surface area contributed by atoms with E-state index in [4.69, 9.17) is 9.47 Å². The van der Waals surface area contributed by atoms with Gasteiger partial charge in [0.1, 0.15) is 24.3 Å². The number of unbranched alkanes of at least 4 members (excludes halogenated alkanes) is 1. The summed E-state index contributed by atoms with van der Waals surface area (Å²) < 4.78 is 11.0. The summed E-state index contributed by atoms with van der Waals surface area (Å²) in [4.78, 5) is 52.1. The Balaban J connectivity index is 1.37. The molecule has 5 N–H and O–H groups in total. The minimum absolute atomic E-state index is 0.101. The van der Waals surface area contributed by atoms with Crippen LogP contribution in [0.15, 0.2) is 72.8 Å². The van der Waals surface area contributed by atoms with Crippen molar-refractivity contribution in [2.24, 2.45) is 5.92 Å². The average molecular weight is 673 g/mol. The highest BCUT2D eigenvalue weighted by molar-refractivity contribution is 5.98. The summed E-state index contributed by atoms with van der Waals surface area (Å²) in [5.41, 5.74) is 4.96. The zero-order valence-corrected chi connectivity index (χ0v) is 28.9. The Labute approximate surface area is 288 Å². The van der Waals surface area contributed by atoms with Crippen LogP contribution in [0.5, 0.6) is 0 Å². The molecule has 2 unspecified atom stereocenters. The molecule has 262 valence electrons. The SMILES string of the molecule is CC(C)C(NC(=O)OCC1c2ccccc2-c2ccccc21)C(=O)NC(CCCCNC(=O)OC(C)(C)C)C(=O)Nc1ccc(CO)cc1. The first kappa shape index (κ1) is 36.9. The van der Waals surface area contributed by atoms with E-state index in [1.165, 1.54) is 0 Å². The van der Waals surface area contributed by atoms with Crippen molar-refractivity contribution in [1.82, 2.24) is 16.0 Å². The molecule has 2 atom stereocenters. The minimum atomic E-state index is -0.969. The number of benzene rings is 3. The number of rotatable bonds is 14. The third-order valence-corrected chi connectivity index (χ3v) is 8.19. The van der Waals surface area contributed by atoms with Crippen molar-refractivity contribution in [3.05, 3.63) is 89.5 Å². The third kappa shape index (κ3) is 10.5. The first-order valence-electron chi connectivity index (χ1n) is 16.8. The molecular weight excluding hydrogens is 624 g/mol. The standard InChI is InChI=1S/C38H48N4O7/c1-24(2)33(42-37(47)48-23-31-29-14-8-6-12-27(29)28-13-7-9-15-30(28)31)35(45)41-32(16-10-11-21-39-36(46)49-38(3,4)5)34(44)40-26-19-17-25(22-43)18-20-26/h6-9,12-15,17-20,24,31-33,43H,10-11,16,21-23H2,1-5H3,(H,39,46)(H,40,44)(H,41,45)(H,42,47). The van der Waals surface area contributed by atoms with Gasteiger partial charge in [0.15, 0.2) is 0 Å². The molecular formula is C38H48N4O7. The lowest BCUT2D eigenvalue weighted by atomic mass is 9.98. The maximum absolute atomic E-state index is 13.6. The van der Waals surface area contributed by atoms with Gasteiger partial charge in [-0.05, 0) is 85.9 Å². The van der Waals surface area contributed by atoms with Gasteiger partial charge in [0, 0.05) is 18.2 Å². The van der Waals surface area contributed by atoms with Crippen LogP contribution >= 0.6 is 0 Å². The first-order chi connectivity index (χ1) is 23.4. The molecule has 1 aliphatic rings. The molecule has 3 aromatic carbocycles. The van der Waals surface area contributed by atoms with E-state index >= 15 is 0 Å². The van der Waals surface area contributed by atoms with E-state index in [0.29, 0.717) is 30.6 Å². The predicted molar refractivity (Wildman–Crippen MR) is 188 cm³/mol. The van der Waals surface area contributed by atoms with Gasteiger partial charge in [0.05, 0.1) is 6.61 Å². The lowest BCUT2D eigenvalue weighted by Crippen LogP contribution is -2.54. The van der Waals surface area contributed by atoms with E-state index in [2.05, 4.69) is 33.4 Å². The van der Waals surface area contributed by atoms with E-state index < -0.39 is 41.7 Å². The Bertz CT molecular complexity index is 1550. The molecule has 0 aliphatic heterocycles. The molecule has 0 aromatic heterocycles. The van der Waals surface area contributed by atoms with Crippen LogP contribution in [0.25, 0.3) is 11.1 Å². The van der Waals surface area contributed by atoms with E-state index in [0.717, 1.165) is 22.3 Å². The first-order valence-corrected chi connectivity index (χ1v) is 16.8. The number of carbonyl (C=O) groups excluding carboxylic acids is 4. The summed E-state index contributed by atoms with van der Waals surface area (Å²) in [5, 5.41) is 20.4. The fourth-order valence-electron chi connectivity index (χ4n) is 5.73. The maximum Gasteiger partial charge on any atom is 0.407 e. The molecule has 4 amide bonds. The molecule has 49 heavy (non-hydrogen) atoms. The predicted octanol–water partition coefficient (Wildman–Crippen LogP) is 5.86. The molecule has 1 aliphatic carbocycles. The van der Waals surface area contributed by atoms with Gasteiger partial charge in [-0.1, -0.05) is 74.5 Å². The molecule has 0 fully saturated rings. The molecule has 11 heteroatoms. The fraction of sp³-hybridized carbons (Fsp3) is 0.421. The fourth-order valence-corrected chi connectivity index (χ4v) is 5.73. The molecule has 0 heterocycles. The highest BCUT2D eigenvalue weighted by Crippen LogP contribution is 2.44. The van der Waals surface area contributed by atoms with E-state index in [1.807, 2.05) is 36.4 Å². The Morgan fingerprint density at radius 2 is 1.41 bits per heavy atom. The van der Waals surface area contributed by atoms with Crippen LogP contribution < -0.4 is 21.3 Å². The van der Waals surface area contributed by atoms with Gasteiger partial charge >= 0.3 is 12.2 Å². The van der Waals surface area contributed by atoms with Crippen molar-refractivity contribution in [1.29, 1.82) is 0 Å². The van der Waals surface area contributed by atoms with Crippen LogP contribution in [0.2, 0.25) is 0 Å². The van der Waals surface area contributed by atoms with Crippen molar-refractivity contribution in [3.8, 4) is 11.1 Å². The highest BCUT2D eigenvalue weighted by Gasteiger charge is 2.32. The molecule has 0 saturated carbocycles. The molecule has 4 rings (SSSR count). The summed E-state index contributed by atoms with van der Waals surface area (Å²) in [5.74, 6) is -1.40. The largest absolute Gasteiger partial charge is 0.449 e. The van der Waals surface area contributed by atoms with Crippen molar-refractivity contribution in [3.63, 3.8) is 0 Å². The van der Waals surface area contributed by atoms with Gasteiger partial charge in [-0.2, -0.15) is 0 Å². The van der Waals surface area contributed by atoms with Crippen LogP contribution in [-0.2, 0) is 25.7 Å². The molecule has 0 bridgehead atoms. The smallest absolute Gasteiger partial charge is 0.407 e. The number of nitrogens with one attached hydrogen (secondary N) is 4. The normalized spacial score (nSPS) is 13.4. The number of fused-ring (bicyclic) bond motifs is 3. The molecule has 0 saturated heterocycles. The Hall–Kier alpha value is -4.90. The summed E-state index contributed by atoms with van der Waals surface area (Å²) in [6, 6.07) is 20.9. The Morgan fingerprint density at radius 1 is 0.796 bits per heavy atom. The van der Waals surface area contributed by atoms with Crippen molar-refractivity contribution >= 4 is 29.7 Å². The topological polar surface area (TPSA) is 155 Å². The number of hydrogen-bond donors (Lipinski definition) is 5. The van der Waals surface area contributed by atoms with Crippen LogP contribution in [0.4, 0.5) is 15.3 Å². The lowest BCUT2D eigenvalue weighted by molar-refractivity contribution is -0.128. The summed E-state index contributed by atoms with van der Waals surface area (Å²) >= 11 is 0. The van der Waals surface area contributed by atoms with Crippen LogP contribution in [-0.4, -0.2) is 59.9 Å². The van der Waals surface area contributed by atoms with Gasteiger partial charge < -0.3 is 35.8 Å². The second kappa shape index (κ2) is 17.0. The van der Waals surface area contributed by atoms with Crippen LogP contribution in [0, 0.1) is 5.92 Å². The minimum Gasteiger partial charge on any atom is -0.449 e. The van der Waals surface area contributed by atoms with E-state index in [9.17, 15) is 24.3 Å². The number of amides is 4. The average Bonchev–Trinajstić information content (AvgIpc) is 3.38. The third-order valence-electron chi connectivity index (χ3n) is 8.19. The maximum atomic E-state index is 13.6. The Morgan fingerprint density at radius 3 is 1.98 bits per heavy atom. The second-order valence-corrected chi connectivity index (χ2v) is 13.5. The number of aliphatic hydroxyl groups excluding tert-OH is 1. The van der Waals surface area contributed by atoms with Crippen LogP contribution in [0.3, 0.4) is 0 Å². The monoisotopic (exact) mass is 672 g/mol. The number of ether oxygens (including phenoxy) is 2. The van der Waals surface area contributed by atoms with E-state index in [-0.39, 0.29) is 31.5 Å². The van der Waals surface area contributed by atoms with Gasteiger partial charge in [-0.25, -0.2) is 9.59 Å². The van der Waals surface area contributed by atoms with E-state index in [1.54, 1.807) is 58.9 Å². The molecule has 0 spiro atoms. The highest BCUT2D eigenvalue weighted by atomic mass is 16.6. The van der Waals surface area contributed by atoms with Crippen molar-refractivity contribution < 1.29 is 33.8 Å². The summed E-state index contributed by atoms with van der Waals surface area (Å²) in [6.45, 7) is 9.25. The number of alkyl carbamates (subject to hydrolysis) is 2. The summed E-state index contributed by atoms with van der Waals surface area (Å²) in [7, 11) is 0. The quantitative estimate of drug-likeness (QED) is 0.134. The molecule has 3 aromatic rings. The lowest BCUT2D eigenvalue weighted by Gasteiger charge is -2.25. The second-order valence-electron chi connectivity index (χ2n) is 13.5. The Kier molecular flexibility index (Phi) is 12.8. The van der Waals surface area contributed by atoms with Crippen LogP contribution in [0.1, 0.15) is 76.5 Å².